The molecule has 0 unspecified atom stereocenters. The van der Waals surface area contributed by atoms with Gasteiger partial charge in [0.25, 0.3) is 5.91 Å². The molecule has 0 aliphatic carbocycles. The van der Waals surface area contributed by atoms with Crippen molar-refractivity contribution in [2.45, 2.75) is 26.3 Å². The second-order valence-electron chi connectivity index (χ2n) is 5.57. The van der Waals surface area contributed by atoms with Crippen molar-refractivity contribution >= 4 is 23.2 Å². The Morgan fingerprint density at radius 3 is 2.23 bits per heavy atom. The van der Waals surface area contributed by atoms with Crippen LogP contribution in [0.5, 0.6) is 0 Å². The normalized spacial score (nSPS) is 17.9. The Morgan fingerprint density at radius 2 is 1.59 bits per heavy atom. The Hall–Kier alpha value is -2.62. The summed E-state index contributed by atoms with van der Waals surface area (Å²) in [7, 11) is 0. The fourth-order valence-electron chi connectivity index (χ4n) is 2.81. The molecule has 1 heterocycles. The Kier molecular flexibility index (Phi) is 3.67. The number of carbonyl (C=O) groups excluding carboxylic acids is 2. The predicted molar refractivity (Wildman–Crippen MR) is 86.9 cm³/mol. The van der Waals surface area contributed by atoms with Crippen LogP contribution in [-0.4, -0.2) is 17.9 Å². The summed E-state index contributed by atoms with van der Waals surface area (Å²) in [6.07, 6.45) is 0.182. The number of para-hydroxylation sites is 2. The molecule has 2 amide bonds. The minimum absolute atomic E-state index is 0.167. The van der Waals surface area contributed by atoms with Gasteiger partial charge in [0.05, 0.1) is 12.1 Å². The zero-order chi connectivity index (χ0) is 15.7. The zero-order valence-electron chi connectivity index (χ0n) is 12.7. The van der Waals surface area contributed by atoms with Gasteiger partial charge in [0.1, 0.15) is 6.04 Å². The lowest BCUT2D eigenvalue weighted by Crippen LogP contribution is -2.35. The standard InChI is InChI=1S/C18H18N2O2/c1-12-7-6-8-13(2)17(12)19-15-11-16(21)20(18(15)22)14-9-4-3-5-10-14/h3-10,15,19H,11H2,1-2H3/t15-/m0/s1. The van der Waals surface area contributed by atoms with E-state index in [1.54, 1.807) is 12.1 Å². The topological polar surface area (TPSA) is 49.4 Å². The molecule has 1 N–H and O–H groups in total. The molecule has 1 atom stereocenters. The summed E-state index contributed by atoms with van der Waals surface area (Å²) >= 11 is 0. The van der Waals surface area contributed by atoms with Gasteiger partial charge in [-0.05, 0) is 37.1 Å². The van der Waals surface area contributed by atoms with E-state index in [1.807, 2.05) is 50.2 Å². The third kappa shape index (κ3) is 2.48. The summed E-state index contributed by atoms with van der Waals surface area (Å²) in [5.41, 5.74) is 3.70. The summed E-state index contributed by atoms with van der Waals surface area (Å²) in [5.74, 6) is -0.362. The molecule has 4 heteroatoms. The highest BCUT2D eigenvalue weighted by molar-refractivity contribution is 6.23. The van der Waals surface area contributed by atoms with Crippen molar-refractivity contribution in [3.63, 3.8) is 0 Å². The van der Waals surface area contributed by atoms with Crippen LogP contribution in [0.1, 0.15) is 17.5 Å². The first-order chi connectivity index (χ1) is 10.6. The second kappa shape index (κ2) is 5.64. The SMILES string of the molecule is Cc1cccc(C)c1N[C@H]1CC(=O)N(c2ccccc2)C1=O. The van der Waals surface area contributed by atoms with Crippen molar-refractivity contribution in [3.05, 3.63) is 59.7 Å². The number of aryl methyl sites for hydroxylation is 2. The third-order valence-corrected chi connectivity index (χ3v) is 3.96. The lowest BCUT2D eigenvalue weighted by atomic mass is 10.1. The Bertz CT molecular complexity index is 705. The van der Waals surface area contributed by atoms with Crippen molar-refractivity contribution in [1.29, 1.82) is 0 Å². The Morgan fingerprint density at radius 1 is 0.955 bits per heavy atom. The maximum absolute atomic E-state index is 12.6. The van der Waals surface area contributed by atoms with Gasteiger partial charge < -0.3 is 5.32 Å². The fourth-order valence-corrected chi connectivity index (χ4v) is 2.81. The molecular formula is C18H18N2O2. The van der Waals surface area contributed by atoms with Crippen LogP contribution < -0.4 is 10.2 Å². The maximum Gasteiger partial charge on any atom is 0.256 e. The highest BCUT2D eigenvalue weighted by atomic mass is 16.2. The Balaban J connectivity index is 1.86. The van der Waals surface area contributed by atoms with Crippen molar-refractivity contribution in [2.75, 3.05) is 10.2 Å². The molecule has 2 aromatic carbocycles. The van der Waals surface area contributed by atoms with Gasteiger partial charge in [0.15, 0.2) is 0 Å². The molecule has 112 valence electrons. The molecule has 1 saturated heterocycles. The van der Waals surface area contributed by atoms with E-state index in [0.717, 1.165) is 16.8 Å². The highest BCUT2D eigenvalue weighted by Gasteiger charge is 2.39. The van der Waals surface area contributed by atoms with Crippen molar-refractivity contribution in [1.82, 2.24) is 0 Å². The van der Waals surface area contributed by atoms with Gasteiger partial charge in [-0.15, -0.1) is 0 Å². The van der Waals surface area contributed by atoms with Gasteiger partial charge in [0.2, 0.25) is 5.91 Å². The van der Waals surface area contributed by atoms with E-state index in [4.69, 9.17) is 0 Å². The maximum atomic E-state index is 12.6. The molecule has 0 spiro atoms. The van der Waals surface area contributed by atoms with Crippen LogP contribution in [0.3, 0.4) is 0 Å². The lowest BCUT2D eigenvalue weighted by Gasteiger charge is -2.18. The molecule has 0 radical (unpaired) electrons. The molecule has 4 nitrogen and oxygen atoms in total. The summed E-state index contributed by atoms with van der Waals surface area (Å²) in [6, 6.07) is 14.5. The molecule has 3 rings (SSSR count). The first-order valence-corrected chi connectivity index (χ1v) is 7.32. The van der Waals surface area contributed by atoms with E-state index < -0.39 is 6.04 Å². The molecule has 1 fully saturated rings. The summed E-state index contributed by atoms with van der Waals surface area (Å²) in [4.78, 5) is 26.1. The summed E-state index contributed by atoms with van der Waals surface area (Å²) in [6.45, 7) is 3.98. The second-order valence-corrected chi connectivity index (χ2v) is 5.57. The van der Waals surface area contributed by atoms with E-state index >= 15 is 0 Å². The summed E-state index contributed by atoms with van der Waals surface area (Å²) < 4.78 is 0. The first-order valence-electron chi connectivity index (χ1n) is 7.32. The number of anilines is 2. The Labute approximate surface area is 129 Å². The third-order valence-electron chi connectivity index (χ3n) is 3.96. The van der Waals surface area contributed by atoms with Crippen molar-refractivity contribution < 1.29 is 9.59 Å². The van der Waals surface area contributed by atoms with E-state index in [1.165, 1.54) is 4.90 Å². The lowest BCUT2D eigenvalue weighted by molar-refractivity contribution is -0.121. The number of nitrogens with zero attached hydrogens (tertiary/aromatic N) is 1. The molecule has 0 aromatic heterocycles. The minimum Gasteiger partial charge on any atom is -0.373 e. The quantitative estimate of drug-likeness (QED) is 0.885. The van der Waals surface area contributed by atoms with E-state index in [-0.39, 0.29) is 18.2 Å². The fraction of sp³-hybridized carbons (Fsp3) is 0.222. The van der Waals surface area contributed by atoms with Gasteiger partial charge in [-0.3, -0.25) is 9.59 Å². The molecule has 0 saturated carbocycles. The number of imide groups is 1. The van der Waals surface area contributed by atoms with Crippen LogP contribution in [0.15, 0.2) is 48.5 Å². The van der Waals surface area contributed by atoms with Gasteiger partial charge in [-0.25, -0.2) is 4.90 Å². The van der Waals surface area contributed by atoms with Gasteiger partial charge in [0, 0.05) is 5.69 Å². The number of carbonyl (C=O) groups is 2. The van der Waals surface area contributed by atoms with Gasteiger partial charge >= 0.3 is 0 Å². The monoisotopic (exact) mass is 294 g/mol. The number of hydrogen-bond donors (Lipinski definition) is 1. The van der Waals surface area contributed by atoms with Crippen molar-refractivity contribution in [3.8, 4) is 0 Å². The molecule has 2 aromatic rings. The van der Waals surface area contributed by atoms with Crippen LogP contribution in [0, 0.1) is 13.8 Å². The molecule has 0 bridgehead atoms. The van der Waals surface area contributed by atoms with E-state index in [0.29, 0.717) is 5.69 Å². The minimum atomic E-state index is -0.507. The van der Waals surface area contributed by atoms with Gasteiger partial charge in [-0.2, -0.15) is 0 Å². The van der Waals surface area contributed by atoms with E-state index in [2.05, 4.69) is 5.32 Å². The average molecular weight is 294 g/mol. The number of rotatable bonds is 3. The molecule has 22 heavy (non-hydrogen) atoms. The molecule has 1 aliphatic rings. The van der Waals surface area contributed by atoms with Crippen LogP contribution in [-0.2, 0) is 9.59 Å². The number of benzene rings is 2. The van der Waals surface area contributed by atoms with Crippen LogP contribution in [0.2, 0.25) is 0 Å². The van der Waals surface area contributed by atoms with Crippen molar-refractivity contribution in [2.24, 2.45) is 0 Å². The number of nitrogens with one attached hydrogen (secondary N) is 1. The smallest absolute Gasteiger partial charge is 0.256 e. The van der Waals surface area contributed by atoms with Gasteiger partial charge in [-0.1, -0.05) is 36.4 Å². The molecular weight excluding hydrogens is 276 g/mol. The largest absolute Gasteiger partial charge is 0.373 e. The summed E-state index contributed by atoms with van der Waals surface area (Å²) in [5, 5.41) is 3.25. The first kappa shape index (κ1) is 14.3. The number of hydrogen-bond acceptors (Lipinski definition) is 3. The highest BCUT2D eigenvalue weighted by Crippen LogP contribution is 2.27. The van der Waals surface area contributed by atoms with E-state index in [9.17, 15) is 9.59 Å². The zero-order valence-corrected chi connectivity index (χ0v) is 12.7. The van der Waals surface area contributed by atoms with Crippen LogP contribution >= 0.6 is 0 Å². The van der Waals surface area contributed by atoms with Crippen LogP contribution in [0.25, 0.3) is 0 Å². The molecule has 1 aliphatic heterocycles. The predicted octanol–water partition coefficient (Wildman–Crippen LogP) is 3.05. The number of amides is 2. The average Bonchev–Trinajstić information content (AvgIpc) is 2.78. The van der Waals surface area contributed by atoms with Crippen LogP contribution in [0.4, 0.5) is 11.4 Å².